The van der Waals surface area contributed by atoms with Crippen molar-refractivity contribution in [1.82, 2.24) is 9.55 Å². The fraction of sp³-hybridized carbons (Fsp3) is 0.222. The molecule has 0 fully saturated rings. The zero-order valence-corrected chi connectivity index (χ0v) is 13.9. The van der Waals surface area contributed by atoms with Gasteiger partial charge in [-0.25, -0.2) is 0 Å². The molecule has 25 heavy (non-hydrogen) atoms. The number of aromatic nitrogens is 2. The molecule has 0 aliphatic carbocycles. The van der Waals surface area contributed by atoms with Crippen molar-refractivity contribution < 1.29 is 13.2 Å². The largest absolute Gasteiger partial charge is 0.433 e. The van der Waals surface area contributed by atoms with E-state index in [0.29, 0.717) is 5.56 Å². The number of aryl methyl sites for hydroxylation is 1. The molecule has 0 amide bonds. The molecule has 7 heteroatoms. The summed E-state index contributed by atoms with van der Waals surface area (Å²) in [7, 11) is 1.89. The van der Waals surface area contributed by atoms with Crippen LogP contribution in [0.4, 0.5) is 13.2 Å². The van der Waals surface area contributed by atoms with Crippen LogP contribution in [0.5, 0.6) is 0 Å². The molecule has 0 bridgehead atoms. The number of benzene rings is 1. The van der Waals surface area contributed by atoms with E-state index in [2.05, 4.69) is 9.98 Å². The highest BCUT2D eigenvalue weighted by atomic mass is 35.5. The molecule has 0 radical (unpaired) electrons. The number of nitrogens with zero attached hydrogens (tertiary/aromatic N) is 3. The van der Waals surface area contributed by atoms with Crippen LogP contribution in [-0.4, -0.2) is 26.9 Å². The second kappa shape index (κ2) is 5.59. The van der Waals surface area contributed by atoms with Crippen LogP contribution in [0, 0.1) is 0 Å². The van der Waals surface area contributed by atoms with E-state index >= 15 is 0 Å². The van der Waals surface area contributed by atoms with Crippen molar-refractivity contribution in [2.75, 3.05) is 0 Å². The van der Waals surface area contributed by atoms with Gasteiger partial charge >= 0.3 is 6.18 Å². The Morgan fingerprint density at radius 1 is 1.16 bits per heavy atom. The third kappa shape index (κ3) is 2.61. The first-order valence-electron chi connectivity index (χ1n) is 7.68. The van der Waals surface area contributed by atoms with Crippen molar-refractivity contribution in [3.63, 3.8) is 0 Å². The number of aliphatic imine (C=N–C) groups is 1. The first-order valence-corrected chi connectivity index (χ1v) is 8.12. The number of halogens is 4. The number of hydrogen-bond acceptors (Lipinski definition) is 2. The van der Waals surface area contributed by atoms with E-state index in [1.807, 2.05) is 23.7 Å². The van der Waals surface area contributed by atoms with Gasteiger partial charge in [0.1, 0.15) is 11.2 Å². The molecule has 128 valence electrons. The highest BCUT2D eigenvalue weighted by Gasteiger charge is 2.40. The van der Waals surface area contributed by atoms with Crippen molar-refractivity contribution in [2.24, 2.45) is 12.0 Å². The molecular formula is C18H13ClF3N3. The smallest absolute Gasteiger partial charge is 0.343 e. The summed E-state index contributed by atoms with van der Waals surface area (Å²) in [6.07, 6.45) is 0.697. The van der Waals surface area contributed by atoms with Crippen LogP contribution in [0.2, 0.25) is 0 Å². The van der Waals surface area contributed by atoms with Gasteiger partial charge < -0.3 is 4.57 Å². The summed E-state index contributed by atoms with van der Waals surface area (Å²) >= 11 is 5.80. The molecule has 1 unspecified atom stereocenters. The molecule has 1 aliphatic rings. The Hall–Kier alpha value is -2.34. The highest BCUT2D eigenvalue weighted by Crippen LogP contribution is 2.35. The Labute approximate surface area is 146 Å². The summed E-state index contributed by atoms with van der Waals surface area (Å²) in [4.78, 5) is 7.76. The normalized spacial score (nSPS) is 18.5. The first-order chi connectivity index (χ1) is 11.9. The molecule has 3 heterocycles. The van der Waals surface area contributed by atoms with Crippen LogP contribution in [0.1, 0.15) is 12.0 Å². The first kappa shape index (κ1) is 16.1. The van der Waals surface area contributed by atoms with Crippen LogP contribution in [0.25, 0.3) is 27.4 Å². The molecular weight excluding hydrogens is 351 g/mol. The molecule has 3 aromatic rings. The Kier molecular flexibility index (Phi) is 3.61. The Balaban J connectivity index is 1.91. The molecule has 1 aromatic carbocycles. The molecule has 3 nitrogen and oxygen atoms in total. The van der Waals surface area contributed by atoms with Crippen LogP contribution < -0.4 is 0 Å². The minimum atomic E-state index is -4.54. The fourth-order valence-electron chi connectivity index (χ4n) is 3.28. The number of dihydropyridines is 1. The predicted molar refractivity (Wildman–Crippen MR) is 93.9 cm³/mol. The van der Waals surface area contributed by atoms with Gasteiger partial charge in [0.15, 0.2) is 0 Å². The van der Waals surface area contributed by atoms with E-state index in [4.69, 9.17) is 11.6 Å². The van der Waals surface area contributed by atoms with E-state index in [-0.39, 0.29) is 12.0 Å². The lowest BCUT2D eigenvalue weighted by molar-refractivity contribution is -0.0575. The second-order valence-electron chi connectivity index (χ2n) is 5.95. The van der Waals surface area contributed by atoms with Gasteiger partial charge in [-0.1, -0.05) is 29.8 Å². The Morgan fingerprint density at radius 3 is 2.72 bits per heavy atom. The summed E-state index contributed by atoms with van der Waals surface area (Å²) < 4.78 is 42.1. The average molecular weight is 364 g/mol. The second-order valence-corrected chi connectivity index (χ2v) is 6.45. The third-order valence-corrected chi connectivity index (χ3v) is 4.70. The molecule has 0 N–H and O–H groups in total. The maximum Gasteiger partial charge on any atom is 0.433 e. The van der Waals surface area contributed by atoms with E-state index in [1.54, 1.807) is 24.5 Å². The van der Waals surface area contributed by atoms with Crippen molar-refractivity contribution in [3.8, 4) is 0 Å². The lowest BCUT2D eigenvalue weighted by Crippen LogP contribution is -2.27. The topological polar surface area (TPSA) is 30.2 Å². The quantitative estimate of drug-likeness (QED) is 0.438. The summed E-state index contributed by atoms with van der Waals surface area (Å²) in [6, 6.07) is 7.17. The average Bonchev–Trinajstić information content (AvgIpc) is 2.87. The summed E-state index contributed by atoms with van der Waals surface area (Å²) in [5.74, 6) is 0. The van der Waals surface area contributed by atoms with Gasteiger partial charge in [-0.05, 0) is 17.7 Å². The van der Waals surface area contributed by atoms with E-state index in [9.17, 15) is 13.2 Å². The molecule has 0 saturated carbocycles. The standard InChI is InChI=1S/C18H13ClF3N3/c1-25-14-6-7-23-9-13(14)12-3-2-10(8-15(12)25)11-4-5-16(19)24-17(11)18(20,21)22/h2-4,6-9,16H,5H2,1H3. The van der Waals surface area contributed by atoms with Gasteiger partial charge in [0.05, 0.1) is 5.52 Å². The molecule has 2 aromatic heterocycles. The number of rotatable bonds is 1. The maximum absolute atomic E-state index is 13.4. The van der Waals surface area contributed by atoms with Gasteiger partial charge in [-0.15, -0.1) is 0 Å². The number of fused-ring (bicyclic) bond motifs is 3. The van der Waals surface area contributed by atoms with Gasteiger partial charge in [0, 0.05) is 47.7 Å². The Morgan fingerprint density at radius 2 is 1.96 bits per heavy atom. The van der Waals surface area contributed by atoms with Crippen molar-refractivity contribution in [3.05, 3.63) is 48.3 Å². The monoisotopic (exact) mass is 363 g/mol. The lowest BCUT2D eigenvalue weighted by Gasteiger charge is -2.20. The fourth-order valence-corrected chi connectivity index (χ4v) is 3.46. The summed E-state index contributed by atoms with van der Waals surface area (Å²) in [5.41, 5.74) is 0.577. The van der Waals surface area contributed by atoms with Gasteiger partial charge in [0.25, 0.3) is 0 Å². The Bertz CT molecular complexity index is 1050. The highest BCUT2D eigenvalue weighted by molar-refractivity contribution is 6.30. The summed E-state index contributed by atoms with van der Waals surface area (Å²) in [6.45, 7) is 0. The molecule has 0 saturated heterocycles. The maximum atomic E-state index is 13.4. The minimum Gasteiger partial charge on any atom is -0.343 e. The van der Waals surface area contributed by atoms with Crippen molar-refractivity contribution >= 4 is 44.7 Å². The van der Waals surface area contributed by atoms with E-state index in [1.165, 1.54) is 6.08 Å². The number of alkyl halides is 4. The van der Waals surface area contributed by atoms with Crippen molar-refractivity contribution in [1.29, 1.82) is 0 Å². The molecule has 4 rings (SSSR count). The van der Waals surface area contributed by atoms with Crippen LogP contribution >= 0.6 is 11.6 Å². The van der Waals surface area contributed by atoms with Crippen molar-refractivity contribution in [2.45, 2.75) is 18.1 Å². The third-order valence-electron chi connectivity index (χ3n) is 4.43. The number of pyridine rings is 1. The number of hydrogen-bond donors (Lipinski definition) is 0. The summed E-state index contributed by atoms with van der Waals surface area (Å²) in [5, 5.41) is 1.92. The van der Waals surface area contributed by atoms with Gasteiger partial charge in [0.2, 0.25) is 0 Å². The predicted octanol–water partition coefficient (Wildman–Crippen LogP) is 5.08. The van der Waals surface area contributed by atoms with Gasteiger partial charge in [-0.2, -0.15) is 13.2 Å². The number of allylic oxidation sites excluding steroid dienone is 1. The molecule has 0 spiro atoms. The SMILES string of the molecule is Cn1c2ccncc2c2ccc(C3=CCC(Cl)N=C3C(F)(F)F)cc21. The van der Waals surface area contributed by atoms with Crippen LogP contribution in [-0.2, 0) is 7.05 Å². The van der Waals surface area contributed by atoms with Crippen LogP contribution in [0.3, 0.4) is 0 Å². The molecule has 1 aliphatic heterocycles. The molecule has 1 atom stereocenters. The van der Waals surface area contributed by atoms with Crippen LogP contribution in [0.15, 0.2) is 47.7 Å². The van der Waals surface area contributed by atoms with E-state index in [0.717, 1.165) is 21.8 Å². The zero-order valence-electron chi connectivity index (χ0n) is 13.2. The van der Waals surface area contributed by atoms with Gasteiger partial charge in [-0.3, -0.25) is 9.98 Å². The lowest BCUT2D eigenvalue weighted by atomic mass is 9.96. The minimum absolute atomic E-state index is 0.0784. The zero-order chi connectivity index (χ0) is 17.8. The van der Waals surface area contributed by atoms with E-state index < -0.39 is 17.4 Å².